The maximum atomic E-state index is 13.8. The summed E-state index contributed by atoms with van der Waals surface area (Å²) in [5.74, 6) is -0.0370. The van der Waals surface area contributed by atoms with E-state index in [1.54, 1.807) is 17.9 Å². The fraction of sp³-hybridized carbons (Fsp3) is 0.542. The number of hydrogen-bond donors (Lipinski definition) is 2. The van der Waals surface area contributed by atoms with E-state index in [0.29, 0.717) is 26.2 Å². The number of carbonyl (C=O) groups is 1. The van der Waals surface area contributed by atoms with Crippen LogP contribution in [-0.2, 0) is 21.2 Å². The summed E-state index contributed by atoms with van der Waals surface area (Å²) in [5, 5.41) is 9.44. The van der Waals surface area contributed by atoms with Crippen molar-refractivity contribution >= 4 is 52.2 Å². The molecule has 2 N–H and O–H groups in total. The number of hydrogen-bond acceptors (Lipinski definition) is 8. The molecule has 0 atom stereocenters. The molecule has 2 fully saturated rings. The number of nitrogens with zero attached hydrogens (tertiary/aromatic N) is 5. The Kier molecular flexibility index (Phi) is 11.4. The van der Waals surface area contributed by atoms with Gasteiger partial charge in [0.25, 0.3) is 5.91 Å². The van der Waals surface area contributed by atoms with Crippen LogP contribution in [0.25, 0.3) is 0 Å². The van der Waals surface area contributed by atoms with Crippen molar-refractivity contribution in [2.75, 3.05) is 49.1 Å². The first-order chi connectivity index (χ1) is 16.9. The molecular weight excluding hydrogens is 539 g/mol. The zero-order chi connectivity index (χ0) is 24.9. The number of sulfonamides is 1. The van der Waals surface area contributed by atoms with Crippen molar-refractivity contribution in [3.63, 3.8) is 0 Å². The van der Waals surface area contributed by atoms with Gasteiger partial charge < -0.3 is 9.80 Å². The van der Waals surface area contributed by atoms with Crippen molar-refractivity contribution in [1.82, 2.24) is 19.8 Å². The molecule has 2 aromatic heterocycles. The zero-order valence-electron chi connectivity index (χ0n) is 21.0. The summed E-state index contributed by atoms with van der Waals surface area (Å²) >= 11 is 0. The highest BCUT2D eigenvalue weighted by Crippen LogP contribution is 2.35. The number of carbonyl (C=O) groups excluding carboxylic acids is 1. The molecule has 13 heteroatoms. The van der Waals surface area contributed by atoms with Crippen molar-refractivity contribution in [2.24, 2.45) is 0 Å². The first-order valence-electron chi connectivity index (χ1n) is 12.2. The minimum Gasteiger partial charge on any atom is -0.370 e. The number of halogens is 2. The number of piperazine rings is 1. The summed E-state index contributed by atoms with van der Waals surface area (Å²) in [6, 6.07) is 7.80. The number of aryl methyl sites for hydroxylation is 1. The van der Waals surface area contributed by atoms with Crippen LogP contribution >= 0.6 is 24.8 Å². The molecule has 2 aliphatic rings. The number of anilines is 2. The third kappa shape index (κ3) is 6.46. The summed E-state index contributed by atoms with van der Waals surface area (Å²) in [5.41, 5.74) is 3.71. The number of nitrogens with one attached hydrogen (secondary N) is 1. The Bertz CT molecular complexity index is 1090. The van der Waals surface area contributed by atoms with Crippen LogP contribution in [0.4, 0.5) is 11.5 Å². The molecule has 4 rings (SSSR count). The third-order valence-corrected chi connectivity index (χ3v) is 9.75. The third-order valence-electron chi connectivity index (χ3n) is 7.12. The molecule has 2 aliphatic heterocycles. The van der Waals surface area contributed by atoms with Gasteiger partial charge in [0, 0.05) is 51.7 Å². The maximum Gasteiger partial charge on any atom is 0.266 e. The fourth-order valence-corrected chi connectivity index (χ4v) is 7.02. The lowest BCUT2D eigenvalue weighted by atomic mass is 9.94. The van der Waals surface area contributed by atoms with Gasteiger partial charge in [0.05, 0.1) is 11.9 Å². The van der Waals surface area contributed by atoms with Crippen LogP contribution < -0.4 is 15.3 Å². The number of amides is 1. The Morgan fingerprint density at radius 1 is 1.03 bits per heavy atom. The average molecular weight is 576 g/mol. The molecule has 2 aromatic rings. The van der Waals surface area contributed by atoms with Crippen LogP contribution in [0.15, 0.2) is 42.9 Å². The smallest absolute Gasteiger partial charge is 0.266 e. The highest BCUT2D eigenvalue weighted by Gasteiger charge is 2.55. The van der Waals surface area contributed by atoms with Crippen molar-refractivity contribution in [3.8, 4) is 0 Å². The van der Waals surface area contributed by atoms with E-state index in [1.165, 1.54) is 9.87 Å². The minimum atomic E-state index is -4.01. The number of pyridine rings is 2. The van der Waals surface area contributed by atoms with Crippen molar-refractivity contribution in [2.45, 2.75) is 43.8 Å². The Morgan fingerprint density at radius 2 is 1.73 bits per heavy atom. The van der Waals surface area contributed by atoms with E-state index >= 15 is 0 Å². The van der Waals surface area contributed by atoms with E-state index in [-0.39, 0.29) is 50.7 Å². The monoisotopic (exact) mass is 574 g/mol. The standard InChI is InChI=1S/C24H34N6O4S.2ClH/c1-2-3-5-20-7-8-22(26-18-20)29-14-16-30(17-15-29)35(33,34)24(23(31)27-32)9-12-28(13-10-24)21-6-4-11-25-19-21;;/h4,6-8,11,18-19,32H,2-3,5,9-10,12-17H2,1H3,(H,27,31);2*1H. The van der Waals surface area contributed by atoms with Gasteiger partial charge in [-0.1, -0.05) is 19.4 Å². The summed E-state index contributed by atoms with van der Waals surface area (Å²) in [4.78, 5) is 25.6. The molecule has 206 valence electrons. The molecule has 0 unspecified atom stereocenters. The SMILES string of the molecule is CCCCc1ccc(N2CCN(S(=O)(=O)C3(C(=O)NO)CCN(c4cccnc4)CC3)CC2)nc1.Cl.Cl. The van der Waals surface area contributed by atoms with E-state index in [2.05, 4.69) is 27.9 Å². The lowest BCUT2D eigenvalue weighted by molar-refractivity contribution is -0.132. The molecule has 0 radical (unpaired) electrons. The number of aromatic nitrogens is 2. The van der Waals surface area contributed by atoms with Gasteiger partial charge in [-0.3, -0.25) is 15.0 Å². The van der Waals surface area contributed by atoms with Crippen LogP contribution in [0.2, 0.25) is 0 Å². The molecule has 0 spiro atoms. The van der Waals surface area contributed by atoms with Gasteiger partial charge in [0.1, 0.15) is 5.82 Å². The predicted molar refractivity (Wildman–Crippen MR) is 148 cm³/mol. The number of rotatable bonds is 8. The molecule has 0 aromatic carbocycles. The van der Waals surface area contributed by atoms with Crippen molar-refractivity contribution < 1.29 is 18.4 Å². The van der Waals surface area contributed by atoms with Gasteiger partial charge in [-0.25, -0.2) is 18.9 Å². The van der Waals surface area contributed by atoms with E-state index in [4.69, 9.17) is 0 Å². The molecule has 0 bridgehead atoms. The second kappa shape index (κ2) is 13.6. The van der Waals surface area contributed by atoms with Gasteiger partial charge in [-0.2, -0.15) is 4.31 Å². The van der Waals surface area contributed by atoms with Crippen LogP contribution in [0.1, 0.15) is 38.2 Å². The largest absolute Gasteiger partial charge is 0.370 e. The molecule has 0 saturated carbocycles. The van der Waals surface area contributed by atoms with E-state index < -0.39 is 20.7 Å². The molecule has 37 heavy (non-hydrogen) atoms. The summed E-state index contributed by atoms with van der Waals surface area (Å²) in [7, 11) is -4.01. The lowest BCUT2D eigenvalue weighted by Crippen LogP contribution is -2.63. The zero-order valence-corrected chi connectivity index (χ0v) is 23.4. The number of piperidine rings is 1. The quantitative estimate of drug-likeness (QED) is 0.365. The van der Waals surface area contributed by atoms with Gasteiger partial charge in [-0.05, 0) is 49.4 Å². The Balaban J connectivity index is 0.00000241. The Morgan fingerprint density at radius 3 is 2.27 bits per heavy atom. The minimum absolute atomic E-state index is 0. The first kappa shape index (κ1) is 31.0. The van der Waals surface area contributed by atoms with Crippen LogP contribution in [0.5, 0.6) is 0 Å². The van der Waals surface area contributed by atoms with E-state index in [9.17, 15) is 18.4 Å². The molecule has 2 saturated heterocycles. The summed E-state index contributed by atoms with van der Waals surface area (Å²) < 4.78 is 27.3. The topological polar surface area (TPSA) is 119 Å². The molecule has 1 amide bonds. The van der Waals surface area contributed by atoms with Gasteiger partial charge in [0.15, 0.2) is 4.75 Å². The molecular formula is C24H36Cl2N6O4S. The molecule has 10 nitrogen and oxygen atoms in total. The highest BCUT2D eigenvalue weighted by atomic mass is 35.5. The highest BCUT2D eigenvalue weighted by molar-refractivity contribution is 7.91. The Hall–Kier alpha value is -2.18. The van der Waals surface area contributed by atoms with Gasteiger partial charge >= 0.3 is 0 Å². The summed E-state index contributed by atoms with van der Waals surface area (Å²) in [6.07, 6.45) is 8.72. The first-order valence-corrected chi connectivity index (χ1v) is 13.6. The van der Waals surface area contributed by atoms with Crippen molar-refractivity contribution in [1.29, 1.82) is 0 Å². The van der Waals surface area contributed by atoms with Crippen LogP contribution in [0.3, 0.4) is 0 Å². The maximum absolute atomic E-state index is 13.8. The average Bonchev–Trinajstić information content (AvgIpc) is 2.92. The van der Waals surface area contributed by atoms with Crippen LogP contribution in [0, 0.1) is 0 Å². The molecule has 4 heterocycles. The number of unbranched alkanes of at least 4 members (excludes halogenated alkanes) is 1. The normalized spacial score (nSPS) is 17.9. The van der Waals surface area contributed by atoms with Gasteiger partial charge in [0.2, 0.25) is 10.0 Å². The fourth-order valence-electron chi connectivity index (χ4n) is 4.91. The Labute approximate surface area is 231 Å². The van der Waals surface area contributed by atoms with Crippen LogP contribution in [-0.4, -0.2) is 77.8 Å². The number of hydroxylamine groups is 1. The second-order valence-electron chi connectivity index (χ2n) is 9.15. The second-order valence-corrected chi connectivity index (χ2v) is 11.4. The van der Waals surface area contributed by atoms with E-state index in [0.717, 1.165) is 30.8 Å². The van der Waals surface area contributed by atoms with E-state index in [1.807, 2.05) is 29.3 Å². The molecule has 0 aliphatic carbocycles. The van der Waals surface area contributed by atoms with Gasteiger partial charge in [-0.15, -0.1) is 24.8 Å². The predicted octanol–water partition coefficient (Wildman–Crippen LogP) is 2.66. The van der Waals surface area contributed by atoms with Crippen molar-refractivity contribution in [3.05, 3.63) is 48.4 Å². The summed E-state index contributed by atoms with van der Waals surface area (Å²) in [6.45, 7) is 4.38. The lowest BCUT2D eigenvalue weighted by Gasteiger charge is -2.44.